The fraction of sp³-hybridized carbons (Fsp3) is 0.556. The number of amides is 2. The van der Waals surface area contributed by atoms with Crippen molar-refractivity contribution in [2.45, 2.75) is 31.7 Å². The molecule has 0 heterocycles. The second-order valence-corrected chi connectivity index (χ2v) is 7.76. The van der Waals surface area contributed by atoms with Crippen molar-refractivity contribution in [2.75, 3.05) is 13.1 Å². The Kier molecular flexibility index (Phi) is 5.56. The summed E-state index contributed by atoms with van der Waals surface area (Å²) in [5.74, 6) is 0.988. The van der Waals surface area contributed by atoms with Crippen molar-refractivity contribution in [2.24, 2.45) is 23.5 Å². The van der Waals surface area contributed by atoms with E-state index in [1.807, 2.05) is 12.1 Å². The summed E-state index contributed by atoms with van der Waals surface area (Å²) in [6.45, 7) is 1.10. The molecule has 5 nitrogen and oxygen atoms in total. The molecule has 0 aliphatic heterocycles. The molecule has 6 heteroatoms. The third-order valence-electron chi connectivity index (χ3n) is 5.31. The largest absolute Gasteiger partial charge is 0.356 e. The Labute approximate surface area is 150 Å². The maximum atomic E-state index is 12.3. The van der Waals surface area contributed by atoms with Gasteiger partial charge in [-0.25, -0.2) is 0 Å². The average molecular weight is 394 g/mol. The molecule has 4 N–H and O–H groups in total. The monoisotopic (exact) mass is 393 g/mol. The lowest BCUT2D eigenvalue weighted by atomic mass is 9.84. The van der Waals surface area contributed by atoms with Crippen LogP contribution < -0.4 is 16.4 Å². The van der Waals surface area contributed by atoms with Crippen LogP contribution in [-0.2, 0) is 4.79 Å². The summed E-state index contributed by atoms with van der Waals surface area (Å²) in [7, 11) is 0. The number of halogens is 1. The van der Waals surface area contributed by atoms with Gasteiger partial charge in [0, 0.05) is 29.2 Å². The number of rotatable bonds is 6. The Bertz CT molecular complexity index is 620. The van der Waals surface area contributed by atoms with E-state index in [0.717, 1.165) is 17.3 Å². The zero-order valence-electron chi connectivity index (χ0n) is 13.6. The zero-order chi connectivity index (χ0) is 17.1. The van der Waals surface area contributed by atoms with E-state index in [9.17, 15) is 9.59 Å². The normalized spacial score (nSPS) is 27.9. The highest BCUT2D eigenvalue weighted by atomic mass is 79.9. The third kappa shape index (κ3) is 3.81. The van der Waals surface area contributed by atoms with E-state index in [4.69, 9.17) is 5.73 Å². The minimum atomic E-state index is -0.0993. The molecule has 3 rings (SSSR count). The Balaban J connectivity index is 1.35. The molecule has 2 bridgehead atoms. The van der Waals surface area contributed by atoms with E-state index in [2.05, 4.69) is 26.6 Å². The lowest BCUT2D eigenvalue weighted by Crippen LogP contribution is -2.45. The van der Waals surface area contributed by atoms with Crippen molar-refractivity contribution in [3.8, 4) is 0 Å². The SMILES string of the molecule is NC1C2CCC(C2)C1C(=O)NCCCNC(=O)c1cccc(Br)c1. The predicted octanol–water partition coefficient (Wildman–Crippen LogP) is 2.06. The number of fused-ring (bicyclic) bond motifs is 2. The van der Waals surface area contributed by atoms with Gasteiger partial charge >= 0.3 is 0 Å². The minimum Gasteiger partial charge on any atom is -0.356 e. The van der Waals surface area contributed by atoms with Crippen LogP contribution in [0.1, 0.15) is 36.0 Å². The molecule has 2 aliphatic rings. The number of nitrogens with one attached hydrogen (secondary N) is 2. The topological polar surface area (TPSA) is 84.2 Å². The molecular formula is C18H24BrN3O2. The highest BCUT2D eigenvalue weighted by Gasteiger charge is 2.48. The Morgan fingerprint density at radius 1 is 1.17 bits per heavy atom. The average Bonchev–Trinajstić information content (AvgIpc) is 3.15. The van der Waals surface area contributed by atoms with E-state index in [1.54, 1.807) is 12.1 Å². The maximum absolute atomic E-state index is 12.3. The van der Waals surface area contributed by atoms with Crippen LogP contribution in [0.2, 0.25) is 0 Å². The van der Waals surface area contributed by atoms with Crippen molar-refractivity contribution in [1.29, 1.82) is 0 Å². The summed E-state index contributed by atoms with van der Waals surface area (Å²) in [5.41, 5.74) is 6.82. The fourth-order valence-electron chi connectivity index (χ4n) is 4.08. The van der Waals surface area contributed by atoms with Gasteiger partial charge in [0.1, 0.15) is 0 Å². The van der Waals surface area contributed by atoms with Crippen LogP contribution in [0.3, 0.4) is 0 Å². The number of hydrogen-bond acceptors (Lipinski definition) is 3. The molecule has 4 atom stereocenters. The maximum Gasteiger partial charge on any atom is 0.251 e. The first kappa shape index (κ1) is 17.4. The molecule has 24 heavy (non-hydrogen) atoms. The first-order valence-electron chi connectivity index (χ1n) is 8.63. The number of benzene rings is 1. The van der Waals surface area contributed by atoms with Gasteiger partial charge in [-0.2, -0.15) is 0 Å². The second kappa shape index (κ2) is 7.66. The van der Waals surface area contributed by atoms with Gasteiger partial charge in [0.2, 0.25) is 5.91 Å². The van der Waals surface area contributed by atoms with Gasteiger partial charge in [-0.15, -0.1) is 0 Å². The molecular weight excluding hydrogens is 370 g/mol. The first-order chi connectivity index (χ1) is 11.6. The molecule has 2 saturated carbocycles. The van der Waals surface area contributed by atoms with Crippen molar-refractivity contribution < 1.29 is 9.59 Å². The zero-order valence-corrected chi connectivity index (χ0v) is 15.2. The predicted molar refractivity (Wildman–Crippen MR) is 96.4 cm³/mol. The van der Waals surface area contributed by atoms with Crippen LogP contribution >= 0.6 is 15.9 Å². The molecule has 130 valence electrons. The lowest BCUT2D eigenvalue weighted by Gasteiger charge is -2.27. The van der Waals surface area contributed by atoms with Gasteiger partial charge < -0.3 is 16.4 Å². The van der Waals surface area contributed by atoms with Crippen LogP contribution in [0.4, 0.5) is 0 Å². The highest BCUT2D eigenvalue weighted by molar-refractivity contribution is 9.10. The highest BCUT2D eigenvalue weighted by Crippen LogP contribution is 2.47. The molecule has 2 amide bonds. The van der Waals surface area contributed by atoms with Gasteiger partial charge in [0.15, 0.2) is 0 Å². The van der Waals surface area contributed by atoms with Crippen LogP contribution in [0.15, 0.2) is 28.7 Å². The molecule has 2 fully saturated rings. The van der Waals surface area contributed by atoms with E-state index >= 15 is 0 Å². The van der Waals surface area contributed by atoms with Gasteiger partial charge in [0.05, 0.1) is 5.92 Å². The molecule has 0 spiro atoms. The van der Waals surface area contributed by atoms with E-state index < -0.39 is 0 Å². The van der Waals surface area contributed by atoms with Crippen LogP contribution in [0.5, 0.6) is 0 Å². The Morgan fingerprint density at radius 3 is 2.62 bits per heavy atom. The van der Waals surface area contributed by atoms with E-state index in [-0.39, 0.29) is 23.8 Å². The standard InChI is InChI=1S/C18H24BrN3O2/c19-14-4-1-3-13(10-14)17(23)21-7-2-8-22-18(24)15-11-5-6-12(9-11)16(15)20/h1,3-4,10-12,15-16H,2,5-9,20H2,(H,21,23)(H,22,24). The summed E-state index contributed by atoms with van der Waals surface area (Å²) in [5, 5.41) is 5.85. The quantitative estimate of drug-likeness (QED) is 0.646. The molecule has 0 radical (unpaired) electrons. The Hall–Kier alpha value is -1.40. The van der Waals surface area contributed by atoms with Gasteiger partial charge in [-0.3, -0.25) is 9.59 Å². The summed E-state index contributed by atoms with van der Waals surface area (Å²) in [4.78, 5) is 24.3. The van der Waals surface area contributed by atoms with Gasteiger partial charge in [-0.05, 0) is 55.7 Å². The van der Waals surface area contributed by atoms with Crippen LogP contribution in [-0.4, -0.2) is 30.9 Å². The van der Waals surface area contributed by atoms with Crippen LogP contribution in [0, 0.1) is 17.8 Å². The number of carbonyl (C=O) groups excluding carboxylic acids is 2. The van der Waals surface area contributed by atoms with E-state index in [1.165, 1.54) is 6.42 Å². The minimum absolute atomic E-state index is 0.0139. The molecule has 1 aromatic carbocycles. The molecule has 0 saturated heterocycles. The first-order valence-corrected chi connectivity index (χ1v) is 9.42. The lowest BCUT2D eigenvalue weighted by molar-refractivity contribution is -0.127. The second-order valence-electron chi connectivity index (χ2n) is 6.85. The van der Waals surface area contributed by atoms with Crippen molar-refractivity contribution in [1.82, 2.24) is 10.6 Å². The molecule has 4 unspecified atom stereocenters. The van der Waals surface area contributed by atoms with Crippen molar-refractivity contribution >= 4 is 27.7 Å². The smallest absolute Gasteiger partial charge is 0.251 e. The number of nitrogens with two attached hydrogens (primary N) is 1. The van der Waals surface area contributed by atoms with Gasteiger partial charge in [-0.1, -0.05) is 22.0 Å². The van der Waals surface area contributed by atoms with Crippen molar-refractivity contribution in [3.05, 3.63) is 34.3 Å². The van der Waals surface area contributed by atoms with E-state index in [0.29, 0.717) is 36.9 Å². The third-order valence-corrected chi connectivity index (χ3v) is 5.80. The number of carbonyl (C=O) groups is 2. The fourth-order valence-corrected chi connectivity index (χ4v) is 4.48. The number of hydrogen-bond donors (Lipinski definition) is 3. The summed E-state index contributed by atoms with van der Waals surface area (Å²) in [6.07, 6.45) is 4.14. The molecule has 0 aromatic heterocycles. The summed E-state index contributed by atoms with van der Waals surface area (Å²) >= 11 is 3.35. The van der Waals surface area contributed by atoms with Gasteiger partial charge in [0.25, 0.3) is 5.91 Å². The molecule has 1 aromatic rings. The van der Waals surface area contributed by atoms with Crippen LogP contribution in [0.25, 0.3) is 0 Å². The molecule has 2 aliphatic carbocycles. The summed E-state index contributed by atoms with van der Waals surface area (Å²) in [6, 6.07) is 7.30. The Morgan fingerprint density at radius 2 is 1.92 bits per heavy atom. The summed E-state index contributed by atoms with van der Waals surface area (Å²) < 4.78 is 0.879. The van der Waals surface area contributed by atoms with Crippen molar-refractivity contribution in [3.63, 3.8) is 0 Å².